The van der Waals surface area contributed by atoms with Crippen LogP contribution in [0.4, 0.5) is 0 Å². The van der Waals surface area contributed by atoms with Crippen molar-refractivity contribution in [3.63, 3.8) is 0 Å². The van der Waals surface area contributed by atoms with Crippen molar-refractivity contribution in [1.29, 1.82) is 0 Å². The Morgan fingerprint density at radius 2 is 1.89 bits per heavy atom. The Morgan fingerprint density at radius 1 is 1.14 bits per heavy atom. The molecule has 28 heavy (non-hydrogen) atoms. The Hall–Kier alpha value is -1.22. The van der Waals surface area contributed by atoms with E-state index >= 15 is 0 Å². The molecule has 0 saturated carbocycles. The molecule has 6 nitrogen and oxygen atoms in total. The van der Waals surface area contributed by atoms with E-state index in [-0.39, 0.29) is 24.0 Å². The lowest BCUT2D eigenvalue weighted by Crippen LogP contribution is -2.39. The van der Waals surface area contributed by atoms with Gasteiger partial charge < -0.3 is 25.0 Å². The number of likely N-dealkylation sites (tertiary alicyclic amines) is 1. The summed E-state index contributed by atoms with van der Waals surface area (Å²) < 4.78 is 11.4. The number of ether oxygens (including phenoxy) is 2. The number of aliphatic imine (C=N–C) groups is 1. The molecule has 7 heteroatoms. The number of nitrogens with zero attached hydrogens (tertiary/aromatic N) is 2. The fourth-order valence-corrected chi connectivity index (χ4v) is 3.32. The normalized spacial score (nSPS) is 17.1. The first kappa shape index (κ1) is 24.8. The van der Waals surface area contributed by atoms with Gasteiger partial charge in [0.05, 0.1) is 19.8 Å². The minimum Gasteiger partial charge on any atom is -0.490 e. The molecule has 1 aromatic rings. The van der Waals surface area contributed by atoms with Crippen LogP contribution in [-0.4, -0.2) is 63.3 Å². The molecule has 1 saturated heterocycles. The average molecular weight is 504 g/mol. The molecule has 0 aliphatic carbocycles. The zero-order valence-electron chi connectivity index (χ0n) is 17.8. The number of nitrogens with one attached hydrogen (secondary N) is 2. The van der Waals surface area contributed by atoms with Gasteiger partial charge in [-0.1, -0.05) is 6.07 Å². The Balaban J connectivity index is 0.00000392. The molecule has 0 bridgehead atoms. The standard InChI is InChI=1S/C21H36N4O2.HI/c1-5-22-21(24-16-18-9-8-14-25(18)4)23-13-12-17-10-11-19(26-6-2)20(15-17)27-7-3;/h10-11,15,18H,5-9,12-14,16H2,1-4H3,(H2,22,23,24);1H. The van der Waals surface area contributed by atoms with Gasteiger partial charge in [-0.05, 0) is 71.3 Å². The second-order valence-corrected chi connectivity index (χ2v) is 6.82. The van der Waals surface area contributed by atoms with E-state index in [1.165, 1.54) is 24.9 Å². The lowest BCUT2D eigenvalue weighted by Gasteiger charge is -2.18. The highest BCUT2D eigenvalue weighted by Gasteiger charge is 2.20. The van der Waals surface area contributed by atoms with Crippen molar-refractivity contribution in [2.75, 3.05) is 46.4 Å². The molecule has 1 aromatic carbocycles. The maximum atomic E-state index is 5.72. The van der Waals surface area contributed by atoms with Gasteiger partial charge in [0, 0.05) is 19.1 Å². The molecule has 0 radical (unpaired) electrons. The fourth-order valence-electron chi connectivity index (χ4n) is 3.32. The quantitative estimate of drug-likeness (QED) is 0.291. The van der Waals surface area contributed by atoms with E-state index in [1.807, 2.05) is 19.9 Å². The third-order valence-electron chi connectivity index (χ3n) is 4.79. The number of likely N-dealkylation sites (N-methyl/N-ethyl adjacent to an activating group) is 1. The minimum absolute atomic E-state index is 0. The zero-order chi connectivity index (χ0) is 19.5. The van der Waals surface area contributed by atoms with Crippen LogP contribution in [0, 0.1) is 0 Å². The molecule has 0 amide bonds. The highest BCUT2D eigenvalue weighted by atomic mass is 127. The molecule has 1 aliphatic heterocycles. The highest BCUT2D eigenvalue weighted by Crippen LogP contribution is 2.28. The van der Waals surface area contributed by atoms with E-state index in [0.717, 1.165) is 43.5 Å². The van der Waals surface area contributed by atoms with Gasteiger partial charge in [-0.25, -0.2) is 0 Å². The summed E-state index contributed by atoms with van der Waals surface area (Å²) in [4.78, 5) is 7.18. The monoisotopic (exact) mass is 504 g/mol. The number of guanidine groups is 1. The summed E-state index contributed by atoms with van der Waals surface area (Å²) in [7, 11) is 2.19. The Bertz CT molecular complexity index is 598. The third-order valence-corrected chi connectivity index (χ3v) is 4.79. The number of halogens is 1. The van der Waals surface area contributed by atoms with E-state index in [2.05, 4.69) is 41.6 Å². The van der Waals surface area contributed by atoms with Crippen LogP contribution in [0.15, 0.2) is 23.2 Å². The predicted octanol–water partition coefficient (Wildman–Crippen LogP) is 3.29. The van der Waals surface area contributed by atoms with Crippen LogP contribution in [0.25, 0.3) is 0 Å². The second-order valence-electron chi connectivity index (χ2n) is 6.82. The van der Waals surface area contributed by atoms with Crippen LogP contribution < -0.4 is 20.1 Å². The van der Waals surface area contributed by atoms with Crippen LogP contribution in [0.5, 0.6) is 11.5 Å². The fraction of sp³-hybridized carbons (Fsp3) is 0.667. The highest BCUT2D eigenvalue weighted by molar-refractivity contribution is 14.0. The zero-order valence-corrected chi connectivity index (χ0v) is 20.1. The third kappa shape index (κ3) is 8.03. The van der Waals surface area contributed by atoms with Crippen molar-refractivity contribution in [2.45, 2.75) is 46.1 Å². The molecule has 0 aromatic heterocycles. The summed E-state index contributed by atoms with van der Waals surface area (Å²) in [5.74, 6) is 2.53. The molecule has 160 valence electrons. The largest absolute Gasteiger partial charge is 0.490 e. The smallest absolute Gasteiger partial charge is 0.191 e. The molecule has 1 atom stereocenters. The van der Waals surface area contributed by atoms with Gasteiger partial charge in [-0.15, -0.1) is 24.0 Å². The van der Waals surface area contributed by atoms with Gasteiger partial charge in [-0.2, -0.15) is 0 Å². The molecule has 2 N–H and O–H groups in total. The Morgan fingerprint density at radius 3 is 2.54 bits per heavy atom. The van der Waals surface area contributed by atoms with Crippen LogP contribution in [0.3, 0.4) is 0 Å². The van der Waals surface area contributed by atoms with Gasteiger partial charge in [0.15, 0.2) is 17.5 Å². The first-order valence-electron chi connectivity index (χ1n) is 10.3. The van der Waals surface area contributed by atoms with Crippen molar-refractivity contribution in [1.82, 2.24) is 15.5 Å². The van der Waals surface area contributed by atoms with Crippen molar-refractivity contribution >= 4 is 29.9 Å². The summed E-state index contributed by atoms with van der Waals surface area (Å²) in [5, 5.41) is 6.79. The van der Waals surface area contributed by atoms with E-state index in [4.69, 9.17) is 14.5 Å². The maximum absolute atomic E-state index is 5.72. The van der Waals surface area contributed by atoms with E-state index < -0.39 is 0 Å². The van der Waals surface area contributed by atoms with Crippen molar-refractivity contribution in [3.05, 3.63) is 23.8 Å². The first-order valence-corrected chi connectivity index (χ1v) is 10.3. The lowest BCUT2D eigenvalue weighted by molar-refractivity contribution is 0.287. The van der Waals surface area contributed by atoms with Gasteiger partial charge in [0.1, 0.15) is 0 Å². The number of benzene rings is 1. The summed E-state index contributed by atoms with van der Waals surface area (Å²) in [6.45, 7) is 11.1. The van der Waals surface area contributed by atoms with Gasteiger partial charge in [0.25, 0.3) is 0 Å². The number of hydrogen-bond donors (Lipinski definition) is 2. The topological polar surface area (TPSA) is 58.1 Å². The van der Waals surface area contributed by atoms with E-state index in [1.54, 1.807) is 0 Å². The molecule has 0 spiro atoms. The summed E-state index contributed by atoms with van der Waals surface area (Å²) >= 11 is 0. The van der Waals surface area contributed by atoms with Crippen LogP contribution >= 0.6 is 24.0 Å². The summed E-state index contributed by atoms with van der Waals surface area (Å²) in [6.07, 6.45) is 3.42. The lowest BCUT2D eigenvalue weighted by atomic mass is 10.1. The predicted molar refractivity (Wildman–Crippen MR) is 128 cm³/mol. The summed E-state index contributed by atoms with van der Waals surface area (Å²) in [5.41, 5.74) is 1.22. The summed E-state index contributed by atoms with van der Waals surface area (Å²) in [6, 6.07) is 6.75. The van der Waals surface area contributed by atoms with Crippen molar-refractivity contribution in [2.24, 2.45) is 4.99 Å². The van der Waals surface area contributed by atoms with Crippen LogP contribution in [0.2, 0.25) is 0 Å². The first-order chi connectivity index (χ1) is 13.2. The molecule has 1 unspecified atom stereocenters. The van der Waals surface area contributed by atoms with Gasteiger partial charge in [-0.3, -0.25) is 4.99 Å². The number of hydrogen-bond acceptors (Lipinski definition) is 4. The molecule has 2 rings (SSSR count). The molecule has 1 heterocycles. The second kappa shape index (κ2) is 13.9. The van der Waals surface area contributed by atoms with E-state index in [9.17, 15) is 0 Å². The minimum atomic E-state index is 0. The Kier molecular flexibility index (Phi) is 12.3. The van der Waals surface area contributed by atoms with Crippen LogP contribution in [-0.2, 0) is 6.42 Å². The van der Waals surface area contributed by atoms with Crippen LogP contribution in [0.1, 0.15) is 39.2 Å². The maximum Gasteiger partial charge on any atom is 0.191 e. The van der Waals surface area contributed by atoms with Crippen molar-refractivity contribution < 1.29 is 9.47 Å². The SMILES string of the molecule is CCNC(=NCC1CCCN1C)NCCc1ccc(OCC)c(OCC)c1.I. The molecule has 1 aliphatic rings. The number of rotatable bonds is 10. The van der Waals surface area contributed by atoms with E-state index in [0.29, 0.717) is 19.3 Å². The van der Waals surface area contributed by atoms with Gasteiger partial charge >= 0.3 is 0 Å². The molecular weight excluding hydrogens is 467 g/mol. The Labute approximate surface area is 187 Å². The van der Waals surface area contributed by atoms with Gasteiger partial charge in [0.2, 0.25) is 0 Å². The molecular formula is C21H37IN4O2. The molecule has 1 fully saturated rings. The average Bonchev–Trinajstić information content (AvgIpc) is 3.07. The van der Waals surface area contributed by atoms with Crippen molar-refractivity contribution in [3.8, 4) is 11.5 Å².